The van der Waals surface area contributed by atoms with Crippen LogP contribution in [0.25, 0.3) is 0 Å². The van der Waals surface area contributed by atoms with Crippen molar-refractivity contribution in [2.24, 2.45) is 11.8 Å². The van der Waals surface area contributed by atoms with Crippen molar-refractivity contribution in [1.29, 1.82) is 0 Å². The molecule has 1 aliphatic carbocycles. The van der Waals surface area contributed by atoms with E-state index >= 15 is 0 Å². The molecule has 0 aromatic rings. The second kappa shape index (κ2) is 10.4. The zero-order chi connectivity index (χ0) is 16.4. The predicted molar refractivity (Wildman–Crippen MR) is 94.8 cm³/mol. The Morgan fingerprint density at radius 3 is 1.77 bits per heavy atom. The van der Waals surface area contributed by atoms with Crippen LogP contribution in [0.2, 0.25) is 5.54 Å². The highest BCUT2D eigenvalue weighted by atomic mass is 28.4. The fraction of sp³-hybridized carbons (Fsp3) is 0.778. The normalized spacial score (nSPS) is 19.6. The highest BCUT2D eigenvalue weighted by Crippen LogP contribution is 2.43. The average Bonchev–Trinajstić information content (AvgIpc) is 2.54. The lowest BCUT2D eigenvalue weighted by Gasteiger charge is -2.40. The molecular formula is C18H34O3Si. The first-order valence-electron chi connectivity index (χ1n) is 8.85. The molecule has 0 amide bonds. The maximum Gasteiger partial charge on any atom is 0.508 e. The zero-order valence-corrected chi connectivity index (χ0v) is 15.7. The molecule has 0 N–H and O–H groups in total. The highest BCUT2D eigenvalue weighted by Gasteiger charge is 2.51. The minimum atomic E-state index is -2.78. The second-order valence-electron chi connectivity index (χ2n) is 5.88. The molecule has 2 atom stereocenters. The average molecular weight is 327 g/mol. The van der Waals surface area contributed by atoms with Crippen molar-refractivity contribution in [1.82, 2.24) is 0 Å². The number of hydrogen-bond donors (Lipinski definition) is 0. The molecule has 22 heavy (non-hydrogen) atoms. The molecule has 0 bridgehead atoms. The molecule has 0 aromatic carbocycles. The Morgan fingerprint density at radius 1 is 0.909 bits per heavy atom. The summed E-state index contributed by atoms with van der Waals surface area (Å²) >= 11 is 0. The van der Waals surface area contributed by atoms with E-state index < -0.39 is 8.80 Å². The molecule has 0 radical (unpaired) electrons. The van der Waals surface area contributed by atoms with Crippen molar-refractivity contribution in [2.45, 2.75) is 58.4 Å². The molecule has 1 saturated carbocycles. The van der Waals surface area contributed by atoms with Crippen LogP contribution in [0.5, 0.6) is 0 Å². The van der Waals surface area contributed by atoms with Gasteiger partial charge in [0, 0.05) is 19.8 Å². The summed E-state index contributed by atoms with van der Waals surface area (Å²) in [4.78, 5) is 0. The summed E-state index contributed by atoms with van der Waals surface area (Å²) in [5.41, 5.74) is 0.0907. The third-order valence-corrected chi connectivity index (χ3v) is 8.09. The van der Waals surface area contributed by atoms with Gasteiger partial charge in [-0.1, -0.05) is 31.4 Å². The van der Waals surface area contributed by atoms with E-state index in [-0.39, 0.29) is 5.54 Å². The van der Waals surface area contributed by atoms with Gasteiger partial charge in [0.15, 0.2) is 0 Å². The van der Waals surface area contributed by atoms with Crippen molar-refractivity contribution < 1.29 is 13.3 Å². The number of allylic oxidation sites excluding steroid dienone is 2. The lowest BCUT2D eigenvalue weighted by molar-refractivity contribution is 0.0568. The maximum absolute atomic E-state index is 6.11. The summed E-state index contributed by atoms with van der Waals surface area (Å²) in [5.74, 6) is 0.969. The first kappa shape index (κ1) is 19.6. The molecule has 1 fully saturated rings. The van der Waals surface area contributed by atoms with E-state index in [2.05, 4.69) is 19.2 Å². The molecule has 0 aromatic heterocycles. The van der Waals surface area contributed by atoms with Crippen molar-refractivity contribution in [3.05, 3.63) is 25.3 Å². The van der Waals surface area contributed by atoms with Crippen LogP contribution in [0.1, 0.15) is 52.9 Å². The van der Waals surface area contributed by atoms with Gasteiger partial charge in [0.25, 0.3) is 0 Å². The third kappa shape index (κ3) is 4.78. The first-order chi connectivity index (χ1) is 10.7. The lowest BCUT2D eigenvalue weighted by Crippen LogP contribution is -2.52. The van der Waals surface area contributed by atoms with Crippen LogP contribution < -0.4 is 0 Å². The molecular weight excluding hydrogens is 292 g/mol. The monoisotopic (exact) mass is 326 g/mol. The third-order valence-electron chi connectivity index (χ3n) is 4.58. The van der Waals surface area contributed by atoms with Gasteiger partial charge in [-0.05, 0) is 45.4 Å². The van der Waals surface area contributed by atoms with Gasteiger partial charge in [-0.3, -0.25) is 0 Å². The van der Waals surface area contributed by atoms with Gasteiger partial charge in [-0.2, -0.15) is 0 Å². The minimum Gasteiger partial charge on any atom is -0.373 e. The first-order valence-corrected chi connectivity index (χ1v) is 10.7. The van der Waals surface area contributed by atoms with Crippen LogP contribution in [0, 0.1) is 11.8 Å². The van der Waals surface area contributed by atoms with E-state index in [1.54, 1.807) is 0 Å². The van der Waals surface area contributed by atoms with Crippen molar-refractivity contribution >= 4 is 8.80 Å². The van der Waals surface area contributed by atoms with E-state index in [1.807, 2.05) is 26.8 Å². The minimum absolute atomic E-state index is 0.0907. The van der Waals surface area contributed by atoms with E-state index in [0.29, 0.717) is 31.7 Å². The Labute approximate surface area is 138 Å². The summed E-state index contributed by atoms with van der Waals surface area (Å²) in [6, 6.07) is 0. The summed E-state index contributed by atoms with van der Waals surface area (Å²) in [6.07, 6.45) is 10.6. The number of hydrogen-bond acceptors (Lipinski definition) is 3. The van der Waals surface area contributed by atoms with E-state index in [1.165, 1.54) is 32.1 Å². The maximum atomic E-state index is 6.11. The topological polar surface area (TPSA) is 27.7 Å². The fourth-order valence-electron chi connectivity index (χ4n) is 3.71. The van der Waals surface area contributed by atoms with Crippen LogP contribution in [0.3, 0.4) is 0 Å². The van der Waals surface area contributed by atoms with Crippen LogP contribution >= 0.6 is 0 Å². The fourth-order valence-corrected chi connectivity index (χ4v) is 6.91. The smallest absolute Gasteiger partial charge is 0.373 e. The summed E-state index contributed by atoms with van der Waals surface area (Å²) < 4.78 is 18.3. The zero-order valence-electron chi connectivity index (χ0n) is 14.7. The Hall–Kier alpha value is -0.423. The summed E-state index contributed by atoms with van der Waals surface area (Å²) in [5, 5.41) is 0. The standard InChI is InChI=1S/C18H34O3Si/c1-6-17(16-14-12-11-13-15-16)18(7-2)22(19-8-3,20-9-4)21-10-5/h6-7,16-18H,1-2,8-15H2,3-5H3. The largest absolute Gasteiger partial charge is 0.508 e. The van der Waals surface area contributed by atoms with E-state index in [4.69, 9.17) is 13.3 Å². The Bertz CT molecular complexity index is 309. The van der Waals surface area contributed by atoms with Crippen molar-refractivity contribution in [3.63, 3.8) is 0 Å². The van der Waals surface area contributed by atoms with Gasteiger partial charge >= 0.3 is 8.80 Å². The van der Waals surface area contributed by atoms with Gasteiger partial charge in [-0.25, -0.2) is 0 Å². The van der Waals surface area contributed by atoms with E-state index in [9.17, 15) is 0 Å². The molecule has 0 aliphatic heterocycles. The van der Waals surface area contributed by atoms with Crippen LogP contribution in [0.4, 0.5) is 0 Å². The second-order valence-corrected chi connectivity index (χ2v) is 8.62. The van der Waals surface area contributed by atoms with Gasteiger partial charge in [0.05, 0.1) is 5.54 Å². The Kier molecular flexibility index (Phi) is 9.25. The molecule has 2 unspecified atom stereocenters. The molecule has 1 aliphatic rings. The van der Waals surface area contributed by atoms with Gasteiger partial charge in [-0.15, -0.1) is 13.2 Å². The molecule has 3 nitrogen and oxygen atoms in total. The molecule has 4 heteroatoms. The lowest BCUT2D eigenvalue weighted by atomic mass is 9.78. The molecule has 0 spiro atoms. The van der Waals surface area contributed by atoms with Crippen molar-refractivity contribution in [2.75, 3.05) is 19.8 Å². The molecule has 1 rings (SSSR count). The van der Waals surface area contributed by atoms with Crippen LogP contribution in [0.15, 0.2) is 25.3 Å². The molecule has 128 valence electrons. The predicted octanol–water partition coefficient (Wildman–Crippen LogP) is 4.97. The summed E-state index contributed by atoms with van der Waals surface area (Å²) in [7, 11) is -2.78. The quantitative estimate of drug-likeness (QED) is 0.396. The SMILES string of the molecule is C=CC(C1CCCCC1)C(C=C)[Si](OCC)(OCC)OCC. The Morgan fingerprint density at radius 2 is 1.41 bits per heavy atom. The van der Waals surface area contributed by atoms with Crippen molar-refractivity contribution in [3.8, 4) is 0 Å². The number of rotatable bonds is 11. The molecule has 0 saturated heterocycles. The Balaban J connectivity index is 3.06. The van der Waals surface area contributed by atoms with Crippen LogP contribution in [-0.4, -0.2) is 28.6 Å². The highest BCUT2D eigenvalue weighted by molar-refractivity contribution is 6.63. The van der Waals surface area contributed by atoms with Crippen LogP contribution in [-0.2, 0) is 13.3 Å². The summed E-state index contributed by atoms with van der Waals surface area (Å²) in [6.45, 7) is 16.0. The van der Waals surface area contributed by atoms with Gasteiger partial charge in [0.1, 0.15) is 0 Å². The van der Waals surface area contributed by atoms with Gasteiger partial charge in [0.2, 0.25) is 0 Å². The van der Waals surface area contributed by atoms with E-state index in [0.717, 1.165) is 0 Å². The van der Waals surface area contributed by atoms with Gasteiger partial charge < -0.3 is 13.3 Å². The molecule has 0 heterocycles.